The molecule has 7 heteroatoms. The molecule has 19 heavy (non-hydrogen) atoms. The SMILES string of the molecule is CC(C(N)=O)N1CCN(C(=O)c2ccc(Br)o2)CC1. The average Bonchev–Trinajstić information content (AvgIpc) is 2.84. The lowest BCUT2D eigenvalue weighted by atomic mass is 10.2. The molecule has 2 amide bonds. The molecule has 104 valence electrons. The van der Waals surface area contributed by atoms with Gasteiger partial charge in [0.1, 0.15) is 0 Å². The number of piperazine rings is 1. The molecule has 2 rings (SSSR count). The van der Waals surface area contributed by atoms with E-state index in [1.807, 2.05) is 4.90 Å². The second kappa shape index (κ2) is 5.75. The first kappa shape index (κ1) is 14.1. The van der Waals surface area contributed by atoms with E-state index < -0.39 is 0 Å². The van der Waals surface area contributed by atoms with Crippen LogP contribution in [0.3, 0.4) is 0 Å². The Morgan fingerprint density at radius 3 is 2.42 bits per heavy atom. The van der Waals surface area contributed by atoms with E-state index >= 15 is 0 Å². The number of hydrogen-bond donors (Lipinski definition) is 1. The predicted molar refractivity (Wildman–Crippen MR) is 72.5 cm³/mol. The summed E-state index contributed by atoms with van der Waals surface area (Å²) >= 11 is 3.17. The first-order valence-corrected chi connectivity index (χ1v) is 6.86. The molecule has 0 saturated carbocycles. The normalized spacial score (nSPS) is 18.3. The van der Waals surface area contributed by atoms with E-state index in [0.717, 1.165) is 0 Å². The van der Waals surface area contributed by atoms with E-state index in [0.29, 0.717) is 36.6 Å². The second-order valence-electron chi connectivity index (χ2n) is 4.51. The van der Waals surface area contributed by atoms with Gasteiger partial charge in [0.2, 0.25) is 5.91 Å². The molecule has 2 heterocycles. The lowest BCUT2D eigenvalue weighted by Crippen LogP contribution is -2.54. The fourth-order valence-electron chi connectivity index (χ4n) is 2.08. The van der Waals surface area contributed by atoms with Crippen molar-refractivity contribution in [2.24, 2.45) is 5.73 Å². The summed E-state index contributed by atoms with van der Waals surface area (Å²) in [6, 6.07) is 3.04. The quantitative estimate of drug-likeness (QED) is 0.884. The molecular weight excluding hydrogens is 314 g/mol. The van der Waals surface area contributed by atoms with Crippen molar-refractivity contribution in [1.82, 2.24) is 9.80 Å². The van der Waals surface area contributed by atoms with Crippen molar-refractivity contribution in [1.29, 1.82) is 0 Å². The van der Waals surface area contributed by atoms with Gasteiger partial charge in [-0.2, -0.15) is 0 Å². The van der Waals surface area contributed by atoms with Crippen molar-refractivity contribution in [3.05, 3.63) is 22.6 Å². The van der Waals surface area contributed by atoms with Crippen molar-refractivity contribution >= 4 is 27.7 Å². The van der Waals surface area contributed by atoms with Crippen LogP contribution in [-0.4, -0.2) is 53.8 Å². The van der Waals surface area contributed by atoms with Crippen LogP contribution in [0.2, 0.25) is 0 Å². The van der Waals surface area contributed by atoms with Crippen LogP contribution in [0.1, 0.15) is 17.5 Å². The molecule has 0 radical (unpaired) electrons. The Labute approximate surface area is 119 Å². The lowest BCUT2D eigenvalue weighted by molar-refractivity contribution is -0.123. The van der Waals surface area contributed by atoms with Gasteiger partial charge in [0, 0.05) is 26.2 Å². The van der Waals surface area contributed by atoms with Crippen LogP contribution in [0.25, 0.3) is 0 Å². The van der Waals surface area contributed by atoms with Crippen molar-refractivity contribution < 1.29 is 14.0 Å². The Bertz CT molecular complexity index is 480. The first-order chi connectivity index (χ1) is 8.99. The zero-order valence-electron chi connectivity index (χ0n) is 10.6. The molecule has 1 aliphatic rings. The van der Waals surface area contributed by atoms with Gasteiger partial charge in [0.25, 0.3) is 5.91 Å². The largest absolute Gasteiger partial charge is 0.444 e. The molecule has 1 fully saturated rings. The third-order valence-electron chi connectivity index (χ3n) is 3.34. The van der Waals surface area contributed by atoms with Crippen molar-refractivity contribution in [2.45, 2.75) is 13.0 Å². The molecule has 0 aliphatic carbocycles. The highest BCUT2D eigenvalue weighted by Gasteiger charge is 2.27. The topological polar surface area (TPSA) is 79.8 Å². The standard InChI is InChI=1S/C12H16BrN3O3/c1-8(11(14)17)15-4-6-16(7-5-15)12(18)9-2-3-10(13)19-9/h2-3,8H,4-7H2,1H3,(H2,14,17). The first-order valence-electron chi connectivity index (χ1n) is 6.07. The number of furan rings is 1. The van der Waals surface area contributed by atoms with Gasteiger partial charge < -0.3 is 15.1 Å². The molecule has 1 aliphatic heterocycles. The average molecular weight is 330 g/mol. The van der Waals surface area contributed by atoms with Crippen molar-refractivity contribution in [3.8, 4) is 0 Å². The molecular formula is C12H16BrN3O3. The van der Waals surface area contributed by atoms with E-state index in [-0.39, 0.29) is 17.9 Å². The van der Waals surface area contributed by atoms with Gasteiger partial charge in [0.05, 0.1) is 6.04 Å². The van der Waals surface area contributed by atoms with Crippen molar-refractivity contribution in [3.63, 3.8) is 0 Å². The van der Waals surface area contributed by atoms with Crippen LogP contribution in [0.5, 0.6) is 0 Å². The molecule has 1 saturated heterocycles. The summed E-state index contributed by atoms with van der Waals surface area (Å²) in [6.07, 6.45) is 0. The summed E-state index contributed by atoms with van der Waals surface area (Å²) in [5.41, 5.74) is 5.27. The van der Waals surface area contributed by atoms with Crippen LogP contribution in [-0.2, 0) is 4.79 Å². The summed E-state index contributed by atoms with van der Waals surface area (Å²) in [5.74, 6) is -0.143. The highest BCUT2D eigenvalue weighted by Crippen LogP contribution is 2.17. The van der Waals surface area contributed by atoms with Crippen LogP contribution >= 0.6 is 15.9 Å². The van der Waals surface area contributed by atoms with E-state index in [4.69, 9.17) is 10.2 Å². The molecule has 1 aromatic heterocycles. The molecule has 6 nitrogen and oxygen atoms in total. The summed E-state index contributed by atoms with van der Waals surface area (Å²) in [7, 11) is 0. The molecule has 1 unspecified atom stereocenters. The highest BCUT2D eigenvalue weighted by atomic mass is 79.9. The molecule has 0 bridgehead atoms. The van der Waals surface area contributed by atoms with Crippen LogP contribution in [0.4, 0.5) is 0 Å². The highest BCUT2D eigenvalue weighted by molar-refractivity contribution is 9.10. The number of hydrogen-bond acceptors (Lipinski definition) is 4. The number of halogens is 1. The minimum Gasteiger partial charge on any atom is -0.444 e. The predicted octanol–water partition coefficient (Wildman–Crippen LogP) is 0.674. The van der Waals surface area contributed by atoms with Crippen molar-refractivity contribution in [2.75, 3.05) is 26.2 Å². The zero-order chi connectivity index (χ0) is 14.0. The third-order valence-corrected chi connectivity index (χ3v) is 3.77. The molecule has 0 aromatic carbocycles. The molecule has 0 spiro atoms. The van der Waals surface area contributed by atoms with Crippen LogP contribution in [0, 0.1) is 0 Å². The van der Waals surface area contributed by atoms with Crippen LogP contribution < -0.4 is 5.73 Å². The van der Waals surface area contributed by atoms with E-state index in [1.165, 1.54) is 0 Å². The van der Waals surface area contributed by atoms with E-state index in [1.54, 1.807) is 24.0 Å². The van der Waals surface area contributed by atoms with Gasteiger partial charge in [-0.25, -0.2) is 0 Å². The number of amides is 2. The lowest BCUT2D eigenvalue weighted by Gasteiger charge is -2.36. The fourth-order valence-corrected chi connectivity index (χ4v) is 2.38. The maximum atomic E-state index is 12.1. The Balaban J connectivity index is 1.93. The minimum atomic E-state index is -0.338. The monoisotopic (exact) mass is 329 g/mol. The second-order valence-corrected chi connectivity index (χ2v) is 5.29. The maximum absolute atomic E-state index is 12.1. The van der Waals surface area contributed by atoms with E-state index in [2.05, 4.69) is 15.9 Å². The van der Waals surface area contributed by atoms with Gasteiger partial charge in [-0.05, 0) is 35.0 Å². The fraction of sp³-hybridized carbons (Fsp3) is 0.500. The van der Waals surface area contributed by atoms with Gasteiger partial charge in [-0.1, -0.05) is 0 Å². The summed E-state index contributed by atoms with van der Waals surface area (Å²) in [4.78, 5) is 26.9. The number of nitrogens with two attached hydrogens (primary N) is 1. The Hall–Kier alpha value is -1.34. The van der Waals surface area contributed by atoms with E-state index in [9.17, 15) is 9.59 Å². The Kier molecular flexibility index (Phi) is 4.26. The minimum absolute atomic E-state index is 0.128. The number of rotatable bonds is 3. The summed E-state index contributed by atoms with van der Waals surface area (Å²) in [6.45, 7) is 4.18. The zero-order valence-corrected chi connectivity index (χ0v) is 12.2. The Morgan fingerprint density at radius 1 is 1.32 bits per heavy atom. The smallest absolute Gasteiger partial charge is 0.289 e. The van der Waals surface area contributed by atoms with Gasteiger partial charge >= 0.3 is 0 Å². The summed E-state index contributed by atoms with van der Waals surface area (Å²) in [5, 5.41) is 0. The maximum Gasteiger partial charge on any atom is 0.289 e. The number of primary amides is 1. The van der Waals surface area contributed by atoms with Gasteiger partial charge in [-0.15, -0.1) is 0 Å². The summed E-state index contributed by atoms with van der Waals surface area (Å²) < 4.78 is 5.79. The molecule has 1 aromatic rings. The number of carbonyl (C=O) groups is 2. The van der Waals surface area contributed by atoms with Gasteiger partial charge in [-0.3, -0.25) is 14.5 Å². The number of carbonyl (C=O) groups excluding carboxylic acids is 2. The Morgan fingerprint density at radius 2 is 1.95 bits per heavy atom. The van der Waals surface area contributed by atoms with Crippen LogP contribution in [0.15, 0.2) is 21.2 Å². The third kappa shape index (κ3) is 3.16. The number of nitrogens with zero attached hydrogens (tertiary/aromatic N) is 2. The molecule has 2 N–H and O–H groups in total. The van der Waals surface area contributed by atoms with Gasteiger partial charge in [0.15, 0.2) is 10.4 Å². The molecule has 1 atom stereocenters.